The van der Waals surface area contributed by atoms with Crippen LogP contribution in [0, 0.1) is 6.92 Å². The lowest BCUT2D eigenvalue weighted by Crippen LogP contribution is -2.04. The van der Waals surface area contributed by atoms with E-state index in [1.807, 2.05) is 0 Å². The Balaban J connectivity index is 2.08. The van der Waals surface area contributed by atoms with E-state index < -0.39 is 0 Å². The number of aromatic nitrogens is 3. The van der Waals surface area contributed by atoms with Gasteiger partial charge in [-0.25, -0.2) is 15.0 Å². The van der Waals surface area contributed by atoms with Crippen LogP contribution in [0.5, 0.6) is 0 Å². The Morgan fingerprint density at radius 3 is 2.31 bits per heavy atom. The molecule has 0 aliphatic rings. The summed E-state index contributed by atoms with van der Waals surface area (Å²) in [6.45, 7) is 4.23. The van der Waals surface area contributed by atoms with E-state index in [1.165, 1.54) is 11.1 Å². The van der Waals surface area contributed by atoms with Gasteiger partial charge in [-0.2, -0.15) is 0 Å². The topological polar surface area (TPSA) is 38.7 Å². The Morgan fingerprint density at radius 1 is 1.06 bits per heavy atom. The molecule has 1 atom stereocenters. The highest BCUT2D eigenvalue weighted by Crippen LogP contribution is 2.16. The van der Waals surface area contributed by atoms with Gasteiger partial charge in [0, 0.05) is 5.92 Å². The van der Waals surface area contributed by atoms with E-state index in [4.69, 9.17) is 0 Å². The van der Waals surface area contributed by atoms with Gasteiger partial charge >= 0.3 is 0 Å². The molecule has 1 heterocycles. The summed E-state index contributed by atoms with van der Waals surface area (Å²) < 4.78 is 0. The maximum Gasteiger partial charge on any atom is 0.135 e. The van der Waals surface area contributed by atoms with Gasteiger partial charge in [0.15, 0.2) is 0 Å². The van der Waals surface area contributed by atoms with E-state index in [0.717, 1.165) is 12.2 Å². The molecular weight excluding hydrogens is 198 g/mol. The van der Waals surface area contributed by atoms with Crippen molar-refractivity contribution in [2.24, 2.45) is 0 Å². The summed E-state index contributed by atoms with van der Waals surface area (Å²) in [6, 6.07) is 8.59. The van der Waals surface area contributed by atoms with Gasteiger partial charge in [-0.3, -0.25) is 0 Å². The minimum atomic E-state index is 0.325. The zero-order valence-electron chi connectivity index (χ0n) is 9.59. The molecule has 0 N–H and O–H groups in total. The second kappa shape index (κ2) is 4.84. The van der Waals surface area contributed by atoms with Crippen LogP contribution in [0.3, 0.4) is 0 Å². The zero-order valence-corrected chi connectivity index (χ0v) is 9.59. The monoisotopic (exact) mass is 213 g/mol. The molecule has 1 aromatic heterocycles. The predicted molar refractivity (Wildman–Crippen MR) is 63.1 cm³/mol. The first kappa shape index (κ1) is 10.7. The fraction of sp³-hybridized carbons (Fsp3) is 0.308. The lowest BCUT2D eigenvalue weighted by molar-refractivity contribution is 0.689. The van der Waals surface area contributed by atoms with Crippen LogP contribution in [0.15, 0.2) is 36.9 Å². The van der Waals surface area contributed by atoms with E-state index >= 15 is 0 Å². The van der Waals surface area contributed by atoms with Crippen LogP contribution in [0.1, 0.15) is 29.8 Å². The summed E-state index contributed by atoms with van der Waals surface area (Å²) in [6.07, 6.45) is 4.06. The van der Waals surface area contributed by atoms with Crippen molar-refractivity contribution < 1.29 is 0 Å². The van der Waals surface area contributed by atoms with E-state index in [-0.39, 0.29) is 0 Å². The van der Waals surface area contributed by atoms with Gasteiger partial charge in [-0.15, -0.1) is 0 Å². The van der Waals surface area contributed by atoms with Gasteiger partial charge in [-0.1, -0.05) is 36.8 Å². The van der Waals surface area contributed by atoms with Crippen molar-refractivity contribution in [2.75, 3.05) is 0 Å². The SMILES string of the molecule is Cc1ccc(CC(C)c2ncncn2)cc1. The summed E-state index contributed by atoms with van der Waals surface area (Å²) in [4.78, 5) is 12.2. The molecule has 82 valence electrons. The van der Waals surface area contributed by atoms with Gasteiger partial charge < -0.3 is 0 Å². The normalized spacial score (nSPS) is 12.4. The second-order valence-electron chi connectivity index (χ2n) is 4.09. The second-order valence-corrected chi connectivity index (χ2v) is 4.09. The van der Waals surface area contributed by atoms with Crippen molar-refractivity contribution in [3.63, 3.8) is 0 Å². The largest absolute Gasteiger partial charge is 0.225 e. The van der Waals surface area contributed by atoms with Crippen molar-refractivity contribution in [1.82, 2.24) is 15.0 Å². The van der Waals surface area contributed by atoms with Crippen LogP contribution in [0.25, 0.3) is 0 Å². The first-order valence-corrected chi connectivity index (χ1v) is 5.43. The van der Waals surface area contributed by atoms with Crippen molar-refractivity contribution in [3.05, 3.63) is 53.9 Å². The fourth-order valence-corrected chi connectivity index (χ4v) is 1.67. The lowest BCUT2D eigenvalue weighted by atomic mass is 10.00. The molecule has 0 aliphatic carbocycles. The van der Waals surface area contributed by atoms with Crippen LogP contribution in [0.2, 0.25) is 0 Å². The van der Waals surface area contributed by atoms with E-state index in [0.29, 0.717) is 5.92 Å². The third kappa shape index (κ3) is 2.63. The molecule has 16 heavy (non-hydrogen) atoms. The molecule has 3 heteroatoms. The smallest absolute Gasteiger partial charge is 0.135 e. The summed E-state index contributed by atoms with van der Waals surface area (Å²) in [5, 5.41) is 0. The van der Waals surface area contributed by atoms with Crippen molar-refractivity contribution in [1.29, 1.82) is 0 Å². The molecule has 3 nitrogen and oxygen atoms in total. The highest BCUT2D eigenvalue weighted by atomic mass is 15.0. The summed E-state index contributed by atoms with van der Waals surface area (Å²) in [5.41, 5.74) is 2.61. The molecule has 1 unspecified atom stereocenters. The molecule has 2 aromatic rings. The third-order valence-corrected chi connectivity index (χ3v) is 2.62. The van der Waals surface area contributed by atoms with Crippen molar-refractivity contribution in [2.45, 2.75) is 26.2 Å². The molecular formula is C13H15N3. The molecule has 1 aromatic carbocycles. The molecule has 0 radical (unpaired) electrons. The molecule has 0 aliphatic heterocycles. The fourth-order valence-electron chi connectivity index (χ4n) is 1.67. The van der Waals surface area contributed by atoms with Crippen LogP contribution in [-0.4, -0.2) is 15.0 Å². The van der Waals surface area contributed by atoms with E-state index in [1.54, 1.807) is 12.7 Å². The number of rotatable bonds is 3. The summed E-state index contributed by atoms with van der Waals surface area (Å²) in [5.74, 6) is 1.18. The number of benzene rings is 1. The molecule has 0 fully saturated rings. The highest BCUT2D eigenvalue weighted by molar-refractivity contribution is 5.22. The van der Waals surface area contributed by atoms with Crippen LogP contribution in [-0.2, 0) is 6.42 Å². The summed E-state index contributed by atoms with van der Waals surface area (Å²) in [7, 11) is 0. The summed E-state index contributed by atoms with van der Waals surface area (Å²) >= 11 is 0. The average Bonchev–Trinajstić information content (AvgIpc) is 2.33. The van der Waals surface area contributed by atoms with Gasteiger partial charge in [0.2, 0.25) is 0 Å². The van der Waals surface area contributed by atoms with Gasteiger partial charge in [0.05, 0.1) is 0 Å². The standard InChI is InChI=1S/C13H15N3/c1-10-3-5-12(6-4-10)7-11(2)13-15-8-14-9-16-13/h3-6,8-9,11H,7H2,1-2H3. The van der Waals surface area contributed by atoms with Gasteiger partial charge in [0.25, 0.3) is 0 Å². The number of aryl methyl sites for hydroxylation is 1. The zero-order chi connectivity index (χ0) is 11.4. The molecule has 0 spiro atoms. The Bertz CT molecular complexity index is 436. The molecule has 0 saturated heterocycles. The number of nitrogens with zero attached hydrogens (tertiary/aromatic N) is 3. The first-order chi connectivity index (χ1) is 7.75. The number of hydrogen-bond donors (Lipinski definition) is 0. The molecule has 0 saturated carbocycles. The predicted octanol–water partition coefficient (Wildman–Crippen LogP) is 2.53. The Labute approximate surface area is 95.6 Å². The van der Waals surface area contributed by atoms with Crippen LogP contribution >= 0.6 is 0 Å². The minimum Gasteiger partial charge on any atom is -0.225 e. The van der Waals surface area contributed by atoms with Gasteiger partial charge in [-0.05, 0) is 18.9 Å². The maximum absolute atomic E-state index is 4.17. The Hall–Kier alpha value is -1.77. The third-order valence-electron chi connectivity index (χ3n) is 2.62. The quantitative estimate of drug-likeness (QED) is 0.786. The lowest BCUT2D eigenvalue weighted by Gasteiger charge is -2.09. The molecule has 0 amide bonds. The maximum atomic E-state index is 4.17. The van der Waals surface area contributed by atoms with Crippen LogP contribution in [0.4, 0.5) is 0 Å². The van der Waals surface area contributed by atoms with E-state index in [9.17, 15) is 0 Å². The Kier molecular flexibility index (Phi) is 3.25. The molecule has 2 rings (SSSR count). The van der Waals surface area contributed by atoms with Gasteiger partial charge in [0.1, 0.15) is 18.5 Å². The Morgan fingerprint density at radius 2 is 1.69 bits per heavy atom. The van der Waals surface area contributed by atoms with Crippen molar-refractivity contribution >= 4 is 0 Å². The highest BCUT2D eigenvalue weighted by Gasteiger charge is 2.08. The van der Waals surface area contributed by atoms with Crippen molar-refractivity contribution in [3.8, 4) is 0 Å². The first-order valence-electron chi connectivity index (χ1n) is 5.43. The number of hydrogen-bond acceptors (Lipinski definition) is 3. The van der Waals surface area contributed by atoms with E-state index in [2.05, 4.69) is 53.1 Å². The molecule has 0 bridgehead atoms. The van der Waals surface area contributed by atoms with Crippen LogP contribution < -0.4 is 0 Å². The minimum absolute atomic E-state index is 0.325. The average molecular weight is 213 g/mol.